The van der Waals surface area contributed by atoms with Gasteiger partial charge in [-0.1, -0.05) is 6.92 Å². The number of methoxy groups -OCH3 is 1. The molecule has 0 bridgehead atoms. The Hall–Kier alpha value is -1.85. The van der Waals surface area contributed by atoms with Crippen LogP contribution in [-0.4, -0.2) is 46.5 Å². The Bertz CT molecular complexity index is 390. The van der Waals surface area contributed by atoms with Gasteiger partial charge in [0.2, 0.25) is 5.91 Å². The molecule has 6 nitrogen and oxygen atoms in total. The average Bonchev–Trinajstić information content (AvgIpc) is 2.94. The van der Waals surface area contributed by atoms with Gasteiger partial charge in [-0.2, -0.15) is 0 Å². The fourth-order valence-corrected chi connectivity index (χ4v) is 1.78. The molecule has 0 saturated heterocycles. The van der Waals surface area contributed by atoms with Gasteiger partial charge in [-0.25, -0.2) is 4.98 Å². The first-order valence-electron chi connectivity index (χ1n) is 6.47. The number of carbonyl (C=O) groups is 2. The van der Waals surface area contributed by atoms with Crippen LogP contribution in [0.4, 0.5) is 0 Å². The molecule has 1 aromatic heterocycles. The van der Waals surface area contributed by atoms with Crippen LogP contribution in [0.1, 0.15) is 26.2 Å². The number of imidazole rings is 1. The number of esters is 1. The number of nitrogens with zero attached hydrogens (tertiary/aromatic N) is 3. The van der Waals surface area contributed by atoms with Gasteiger partial charge in [0, 0.05) is 38.4 Å². The van der Waals surface area contributed by atoms with Crippen LogP contribution in [0.3, 0.4) is 0 Å². The Balaban J connectivity index is 2.36. The first-order chi connectivity index (χ1) is 9.17. The number of amides is 1. The van der Waals surface area contributed by atoms with E-state index in [1.165, 1.54) is 7.11 Å². The number of carbonyl (C=O) groups excluding carboxylic acids is 2. The zero-order chi connectivity index (χ0) is 14.1. The molecule has 0 aliphatic carbocycles. The summed E-state index contributed by atoms with van der Waals surface area (Å²) in [5.41, 5.74) is 0. The standard InChI is InChI=1S/C13H21N3O3/c1-3-12(17)16(9-5-13(18)19-2)8-4-7-15-10-6-14-11-15/h6,10-11H,3-5,7-9H2,1-2H3. The Labute approximate surface area is 113 Å². The van der Waals surface area contributed by atoms with E-state index < -0.39 is 0 Å². The van der Waals surface area contributed by atoms with E-state index >= 15 is 0 Å². The first kappa shape index (κ1) is 15.2. The number of ether oxygens (including phenoxy) is 1. The predicted octanol–water partition coefficient (Wildman–Crippen LogP) is 1.07. The second-order valence-corrected chi connectivity index (χ2v) is 4.21. The number of rotatable bonds is 8. The quantitative estimate of drug-likeness (QED) is 0.661. The molecular formula is C13H21N3O3. The maximum atomic E-state index is 11.8. The highest BCUT2D eigenvalue weighted by molar-refractivity contribution is 5.76. The molecule has 106 valence electrons. The normalized spacial score (nSPS) is 10.2. The van der Waals surface area contributed by atoms with E-state index in [9.17, 15) is 9.59 Å². The number of aromatic nitrogens is 2. The lowest BCUT2D eigenvalue weighted by molar-refractivity contribution is -0.141. The minimum atomic E-state index is -0.288. The maximum absolute atomic E-state index is 11.8. The van der Waals surface area contributed by atoms with Crippen LogP contribution in [0.25, 0.3) is 0 Å². The Kier molecular flexibility index (Phi) is 6.63. The molecule has 0 N–H and O–H groups in total. The van der Waals surface area contributed by atoms with E-state index in [-0.39, 0.29) is 18.3 Å². The van der Waals surface area contributed by atoms with Crippen molar-refractivity contribution in [1.29, 1.82) is 0 Å². The molecule has 19 heavy (non-hydrogen) atoms. The highest BCUT2D eigenvalue weighted by Gasteiger charge is 2.13. The zero-order valence-corrected chi connectivity index (χ0v) is 11.5. The van der Waals surface area contributed by atoms with Crippen LogP contribution in [0.15, 0.2) is 18.7 Å². The van der Waals surface area contributed by atoms with Crippen LogP contribution < -0.4 is 0 Å². The molecule has 1 amide bonds. The van der Waals surface area contributed by atoms with Crippen molar-refractivity contribution in [1.82, 2.24) is 14.5 Å². The number of aryl methyl sites for hydroxylation is 1. The van der Waals surface area contributed by atoms with Crippen LogP contribution in [-0.2, 0) is 20.9 Å². The lowest BCUT2D eigenvalue weighted by Gasteiger charge is -2.21. The second kappa shape index (κ2) is 8.29. The van der Waals surface area contributed by atoms with E-state index in [0.29, 0.717) is 19.5 Å². The first-order valence-corrected chi connectivity index (χ1v) is 6.47. The molecule has 1 heterocycles. The molecule has 1 aromatic rings. The van der Waals surface area contributed by atoms with E-state index in [4.69, 9.17) is 0 Å². The van der Waals surface area contributed by atoms with Crippen molar-refractivity contribution in [2.45, 2.75) is 32.7 Å². The van der Waals surface area contributed by atoms with Crippen molar-refractivity contribution < 1.29 is 14.3 Å². The Morgan fingerprint density at radius 2 is 2.16 bits per heavy atom. The summed E-state index contributed by atoms with van der Waals surface area (Å²) in [4.78, 5) is 28.6. The van der Waals surface area contributed by atoms with Crippen molar-refractivity contribution in [2.75, 3.05) is 20.2 Å². The number of hydrogen-bond acceptors (Lipinski definition) is 4. The fraction of sp³-hybridized carbons (Fsp3) is 0.615. The summed E-state index contributed by atoms with van der Waals surface area (Å²) in [7, 11) is 1.35. The van der Waals surface area contributed by atoms with Gasteiger partial charge < -0.3 is 14.2 Å². The van der Waals surface area contributed by atoms with Crippen molar-refractivity contribution >= 4 is 11.9 Å². The minimum absolute atomic E-state index is 0.0644. The summed E-state index contributed by atoms with van der Waals surface area (Å²) in [5.74, 6) is -0.224. The van der Waals surface area contributed by atoms with Crippen molar-refractivity contribution in [3.05, 3.63) is 18.7 Å². The zero-order valence-electron chi connectivity index (χ0n) is 11.5. The molecule has 0 radical (unpaired) electrons. The van der Waals surface area contributed by atoms with Gasteiger partial charge >= 0.3 is 5.97 Å². The second-order valence-electron chi connectivity index (χ2n) is 4.21. The van der Waals surface area contributed by atoms with Crippen LogP contribution in [0.2, 0.25) is 0 Å². The van der Waals surface area contributed by atoms with Crippen molar-refractivity contribution in [3.63, 3.8) is 0 Å². The Morgan fingerprint density at radius 1 is 1.37 bits per heavy atom. The van der Waals surface area contributed by atoms with Crippen LogP contribution >= 0.6 is 0 Å². The van der Waals surface area contributed by atoms with Gasteiger partial charge in [0.15, 0.2) is 0 Å². The molecule has 0 atom stereocenters. The van der Waals surface area contributed by atoms with E-state index in [1.807, 2.05) is 17.7 Å². The molecule has 0 aromatic carbocycles. The lowest BCUT2D eigenvalue weighted by atomic mass is 10.3. The molecule has 0 aliphatic rings. The van der Waals surface area contributed by atoms with Gasteiger partial charge in [-0.05, 0) is 6.42 Å². The Morgan fingerprint density at radius 3 is 2.74 bits per heavy atom. The molecule has 0 unspecified atom stereocenters. The lowest BCUT2D eigenvalue weighted by Crippen LogP contribution is -2.34. The fourth-order valence-electron chi connectivity index (χ4n) is 1.78. The summed E-state index contributed by atoms with van der Waals surface area (Å²) >= 11 is 0. The highest BCUT2D eigenvalue weighted by atomic mass is 16.5. The predicted molar refractivity (Wildman–Crippen MR) is 70.3 cm³/mol. The van der Waals surface area contributed by atoms with E-state index in [1.54, 1.807) is 17.4 Å². The molecule has 0 saturated carbocycles. The van der Waals surface area contributed by atoms with E-state index in [0.717, 1.165) is 13.0 Å². The summed E-state index contributed by atoms with van der Waals surface area (Å²) in [6, 6.07) is 0. The van der Waals surface area contributed by atoms with Crippen LogP contribution in [0.5, 0.6) is 0 Å². The molecule has 6 heteroatoms. The highest BCUT2D eigenvalue weighted by Crippen LogP contribution is 2.01. The third-order valence-electron chi connectivity index (χ3n) is 2.87. The smallest absolute Gasteiger partial charge is 0.307 e. The monoisotopic (exact) mass is 267 g/mol. The SMILES string of the molecule is CCC(=O)N(CCCn1ccnc1)CCC(=O)OC. The third-order valence-corrected chi connectivity index (χ3v) is 2.87. The van der Waals surface area contributed by atoms with Gasteiger partial charge in [-0.3, -0.25) is 9.59 Å². The van der Waals surface area contributed by atoms with E-state index in [2.05, 4.69) is 9.72 Å². The molecular weight excluding hydrogens is 246 g/mol. The topological polar surface area (TPSA) is 64.4 Å². The van der Waals surface area contributed by atoms with Gasteiger partial charge in [0.1, 0.15) is 0 Å². The van der Waals surface area contributed by atoms with Crippen molar-refractivity contribution in [2.24, 2.45) is 0 Å². The molecule has 0 aliphatic heterocycles. The number of hydrogen-bond donors (Lipinski definition) is 0. The average molecular weight is 267 g/mol. The summed E-state index contributed by atoms with van der Waals surface area (Å²) in [6.07, 6.45) is 6.90. The largest absolute Gasteiger partial charge is 0.469 e. The van der Waals surface area contributed by atoms with Gasteiger partial charge in [-0.15, -0.1) is 0 Å². The summed E-state index contributed by atoms with van der Waals surface area (Å²) < 4.78 is 6.56. The van der Waals surface area contributed by atoms with Gasteiger partial charge in [0.25, 0.3) is 0 Å². The maximum Gasteiger partial charge on any atom is 0.307 e. The van der Waals surface area contributed by atoms with Gasteiger partial charge in [0.05, 0.1) is 19.9 Å². The molecule has 0 spiro atoms. The molecule has 0 fully saturated rings. The van der Waals surface area contributed by atoms with Crippen LogP contribution in [0, 0.1) is 0 Å². The summed E-state index contributed by atoms with van der Waals surface area (Å²) in [5, 5.41) is 0. The minimum Gasteiger partial charge on any atom is -0.469 e. The third kappa shape index (κ3) is 5.54. The molecule has 1 rings (SSSR count). The summed E-state index contributed by atoms with van der Waals surface area (Å²) in [6.45, 7) is 3.69. The van der Waals surface area contributed by atoms with Crippen molar-refractivity contribution in [3.8, 4) is 0 Å².